The number of aryl methyl sites for hydroxylation is 1. The predicted molar refractivity (Wildman–Crippen MR) is 45.1 cm³/mol. The molecule has 1 aromatic rings. The van der Waals surface area contributed by atoms with Gasteiger partial charge in [-0.05, 0) is 13.0 Å². The Labute approximate surface area is 67.0 Å². The van der Waals surface area contributed by atoms with Gasteiger partial charge in [0, 0.05) is 11.5 Å². The summed E-state index contributed by atoms with van der Waals surface area (Å²) in [6, 6.07) is 6.37. The van der Waals surface area contributed by atoms with E-state index in [4.69, 9.17) is 4.74 Å². The first-order valence-electron chi connectivity index (χ1n) is 4.01. The van der Waals surface area contributed by atoms with Crippen LogP contribution in [0.4, 0.5) is 0 Å². The maximum Gasteiger partial charge on any atom is 0.122 e. The fourth-order valence-corrected chi connectivity index (χ4v) is 1.49. The third-order valence-electron chi connectivity index (χ3n) is 2.19. The molecule has 0 radical (unpaired) electrons. The van der Waals surface area contributed by atoms with Crippen molar-refractivity contribution in [3.8, 4) is 5.75 Å². The molecule has 0 saturated carbocycles. The summed E-state index contributed by atoms with van der Waals surface area (Å²) < 4.78 is 5.47. The first-order valence-corrected chi connectivity index (χ1v) is 4.01. The van der Waals surface area contributed by atoms with Crippen LogP contribution in [-0.2, 0) is 0 Å². The van der Waals surface area contributed by atoms with E-state index in [0.717, 1.165) is 12.4 Å². The topological polar surface area (TPSA) is 9.23 Å². The van der Waals surface area contributed by atoms with Crippen molar-refractivity contribution in [1.82, 2.24) is 0 Å². The summed E-state index contributed by atoms with van der Waals surface area (Å²) in [6.07, 6.45) is 0. The van der Waals surface area contributed by atoms with Gasteiger partial charge >= 0.3 is 0 Å². The molecule has 0 aromatic heterocycles. The lowest BCUT2D eigenvalue weighted by atomic mass is 10.0. The van der Waals surface area contributed by atoms with Crippen molar-refractivity contribution in [2.24, 2.45) is 0 Å². The largest absolute Gasteiger partial charge is 0.493 e. The highest BCUT2D eigenvalue weighted by atomic mass is 16.5. The van der Waals surface area contributed by atoms with Gasteiger partial charge in [0.1, 0.15) is 5.75 Å². The second-order valence-electron chi connectivity index (χ2n) is 3.25. The molecule has 1 heterocycles. The smallest absolute Gasteiger partial charge is 0.122 e. The molecular weight excluding hydrogens is 136 g/mol. The molecule has 0 spiro atoms. The molecule has 1 heteroatoms. The second kappa shape index (κ2) is 2.26. The van der Waals surface area contributed by atoms with E-state index in [9.17, 15) is 0 Å². The molecule has 0 aliphatic carbocycles. The van der Waals surface area contributed by atoms with E-state index < -0.39 is 0 Å². The average molecular weight is 148 g/mol. The Bertz CT molecular complexity index is 278. The Morgan fingerprint density at radius 1 is 1.45 bits per heavy atom. The summed E-state index contributed by atoms with van der Waals surface area (Å²) in [5.74, 6) is 1.65. The molecule has 11 heavy (non-hydrogen) atoms. The predicted octanol–water partition coefficient (Wildman–Crippen LogP) is 2.49. The van der Waals surface area contributed by atoms with Crippen LogP contribution in [0.3, 0.4) is 0 Å². The number of ether oxygens (including phenoxy) is 1. The van der Waals surface area contributed by atoms with Crippen molar-refractivity contribution in [2.75, 3.05) is 6.61 Å². The first kappa shape index (κ1) is 6.71. The highest BCUT2D eigenvalue weighted by molar-refractivity contribution is 5.41. The summed E-state index contributed by atoms with van der Waals surface area (Å²) in [6.45, 7) is 5.16. The van der Waals surface area contributed by atoms with Crippen LogP contribution in [-0.4, -0.2) is 6.61 Å². The molecule has 0 unspecified atom stereocenters. The van der Waals surface area contributed by atoms with Crippen LogP contribution in [0.25, 0.3) is 0 Å². The summed E-state index contributed by atoms with van der Waals surface area (Å²) >= 11 is 0. The van der Waals surface area contributed by atoms with Crippen molar-refractivity contribution < 1.29 is 4.74 Å². The minimum atomic E-state index is 0.574. The number of hydrogen-bond acceptors (Lipinski definition) is 1. The van der Waals surface area contributed by atoms with Crippen LogP contribution in [0.1, 0.15) is 24.0 Å². The van der Waals surface area contributed by atoms with Crippen molar-refractivity contribution >= 4 is 0 Å². The maximum atomic E-state index is 5.47. The van der Waals surface area contributed by atoms with Gasteiger partial charge < -0.3 is 4.74 Å². The van der Waals surface area contributed by atoms with Crippen LogP contribution in [0.2, 0.25) is 0 Å². The van der Waals surface area contributed by atoms with E-state index in [0.29, 0.717) is 5.92 Å². The van der Waals surface area contributed by atoms with Gasteiger partial charge in [-0.25, -0.2) is 0 Å². The molecule has 1 aliphatic rings. The lowest BCUT2D eigenvalue weighted by Gasteiger charge is -2.00. The number of rotatable bonds is 0. The number of fused-ring (bicyclic) bond motifs is 1. The SMILES string of the molecule is Cc1ccc2c(c1)[C@H](C)CO2. The van der Waals surface area contributed by atoms with E-state index >= 15 is 0 Å². The highest BCUT2D eigenvalue weighted by Gasteiger charge is 2.18. The molecule has 1 aliphatic heterocycles. The van der Waals surface area contributed by atoms with Crippen molar-refractivity contribution in [1.29, 1.82) is 0 Å². The molecule has 0 amide bonds. The zero-order chi connectivity index (χ0) is 7.84. The minimum Gasteiger partial charge on any atom is -0.493 e. The number of hydrogen-bond donors (Lipinski definition) is 0. The molecule has 0 bridgehead atoms. The van der Waals surface area contributed by atoms with Crippen molar-refractivity contribution in [2.45, 2.75) is 19.8 Å². The monoisotopic (exact) mass is 148 g/mol. The fraction of sp³-hybridized carbons (Fsp3) is 0.400. The molecule has 58 valence electrons. The Balaban J connectivity index is 2.52. The standard InChI is InChI=1S/C10H12O/c1-7-3-4-10-9(5-7)8(2)6-11-10/h3-5,8H,6H2,1-2H3/t8-/m1/s1. The average Bonchev–Trinajstić information content (AvgIpc) is 2.33. The molecule has 1 nitrogen and oxygen atoms in total. The number of benzene rings is 1. The normalized spacial score (nSPS) is 21.1. The molecule has 0 saturated heterocycles. The zero-order valence-corrected chi connectivity index (χ0v) is 6.92. The van der Waals surface area contributed by atoms with Crippen LogP contribution >= 0.6 is 0 Å². The Morgan fingerprint density at radius 3 is 3.09 bits per heavy atom. The van der Waals surface area contributed by atoms with Gasteiger partial charge in [0.2, 0.25) is 0 Å². The molecule has 1 atom stereocenters. The van der Waals surface area contributed by atoms with E-state index in [2.05, 4.69) is 32.0 Å². The lowest BCUT2D eigenvalue weighted by Crippen LogP contribution is -1.93. The van der Waals surface area contributed by atoms with Crippen LogP contribution in [0, 0.1) is 6.92 Å². The first-order chi connectivity index (χ1) is 5.27. The van der Waals surface area contributed by atoms with Gasteiger partial charge in [-0.1, -0.05) is 24.6 Å². The Hall–Kier alpha value is -0.980. The van der Waals surface area contributed by atoms with Crippen molar-refractivity contribution in [3.63, 3.8) is 0 Å². The van der Waals surface area contributed by atoms with Gasteiger partial charge in [0.05, 0.1) is 6.61 Å². The van der Waals surface area contributed by atoms with E-state index in [-0.39, 0.29) is 0 Å². The maximum absolute atomic E-state index is 5.47. The molecular formula is C10H12O. The third kappa shape index (κ3) is 1.01. The quantitative estimate of drug-likeness (QED) is 0.549. The second-order valence-corrected chi connectivity index (χ2v) is 3.25. The summed E-state index contributed by atoms with van der Waals surface area (Å²) in [5, 5.41) is 0. The zero-order valence-electron chi connectivity index (χ0n) is 6.92. The van der Waals surface area contributed by atoms with Crippen molar-refractivity contribution in [3.05, 3.63) is 29.3 Å². The van der Waals surface area contributed by atoms with Gasteiger partial charge in [-0.3, -0.25) is 0 Å². The van der Waals surface area contributed by atoms with E-state index in [1.807, 2.05) is 0 Å². The minimum absolute atomic E-state index is 0.574. The van der Waals surface area contributed by atoms with E-state index in [1.54, 1.807) is 0 Å². The summed E-state index contributed by atoms with van der Waals surface area (Å²) in [5.41, 5.74) is 2.69. The lowest BCUT2D eigenvalue weighted by molar-refractivity contribution is 0.337. The third-order valence-corrected chi connectivity index (χ3v) is 2.19. The fourth-order valence-electron chi connectivity index (χ4n) is 1.49. The van der Waals surface area contributed by atoms with Gasteiger partial charge in [0.15, 0.2) is 0 Å². The molecule has 2 rings (SSSR count). The Morgan fingerprint density at radius 2 is 2.27 bits per heavy atom. The Kier molecular flexibility index (Phi) is 1.38. The van der Waals surface area contributed by atoms with Crippen LogP contribution in [0.5, 0.6) is 5.75 Å². The van der Waals surface area contributed by atoms with E-state index in [1.165, 1.54) is 11.1 Å². The summed E-state index contributed by atoms with van der Waals surface area (Å²) in [4.78, 5) is 0. The van der Waals surface area contributed by atoms with Crippen LogP contribution in [0.15, 0.2) is 18.2 Å². The van der Waals surface area contributed by atoms with Gasteiger partial charge in [-0.2, -0.15) is 0 Å². The van der Waals surface area contributed by atoms with Crippen LogP contribution < -0.4 is 4.74 Å². The molecule has 0 N–H and O–H groups in total. The highest BCUT2D eigenvalue weighted by Crippen LogP contribution is 2.33. The molecule has 0 fully saturated rings. The molecule has 1 aromatic carbocycles. The van der Waals surface area contributed by atoms with Gasteiger partial charge in [-0.15, -0.1) is 0 Å². The summed E-state index contributed by atoms with van der Waals surface area (Å²) in [7, 11) is 0. The van der Waals surface area contributed by atoms with Gasteiger partial charge in [0.25, 0.3) is 0 Å².